The summed E-state index contributed by atoms with van der Waals surface area (Å²) in [5.74, 6) is 0.168. The van der Waals surface area contributed by atoms with E-state index in [1.165, 1.54) is 0 Å². The highest BCUT2D eigenvalue weighted by molar-refractivity contribution is 7.91. The lowest BCUT2D eigenvalue weighted by molar-refractivity contribution is -0.124. The van der Waals surface area contributed by atoms with Crippen LogP contribution in [0.15, 0.2) is 30.6 Å². The van der Waals surface area contributed by atoms with Crippen LogP contribution in [0.4, 0.5) is 0 Å². The van der Waals surface area contributed by atoms with E-state index in [0.717, 1.165) is 5.69 Å². The van der Waals surface area contributed by atoms with Crippen LogP contribution in [0.1, 0.15) is 25.6 Å². The summed E-state index contributed by atoms with van der Waals surface area (Å²) >= 11 is 0. The first kappa shape index (κ1) is 17.6. The largest absolute Gasteiger partial charge is 0.350 e. The second-order valence-corrected chi connectivity index (χ2v) is 8.89. The van der Waals surface area contributed by atoms with Crippen LogP contribution in [-0.2, 0) is 14.6 Å². The zero-order valence-corrected chi connectivity index (χ0v) is 15.3. The van der Waals surface area contributed by atoms with Crippen molar-refractivity contribution in [3.05, 3.63) is 36.3 Å². The number of pyridine rings is 1. The van der Waals surface area contributed by atoms with E-state index >= 15 is 0 Å². The minimum Gasteiger partial charge on any atom is -0.350 e. The highest BCUT2D eigenvalue weighted by Crippen LogP contribution is 2.29. The number of hydrogen-bond donors (Lipinski definition) is 1. The molecule has 2 aromatic rings. The molecule has 0 aliphatic carbocycles. The van der Waals surface area contributed by atoms with Gasteiger partial charge in [-0.25, -0.2) is 18.4 Å². The van der Waals surface area contributed by atoms with Crippen LogP contribution in [0.2, 0.25) is 0 Å². The summed E-state index contributed by atoms with van der Waals surface area (Å²) in [6, 6.07) is 4.75. The van der Waals surface area contributed by atoms with Crippen LogP contribution in [0.25, 0.3) is 11.5 Å². The van der Waals surface area contributed by atoms with Crippen molar-refractivity contribution >= 4 is 15.7 Å². The fraction of sp³-hybridized carbons (Fsp3) is 0.471. The van der Waals surface area contributed by atoms with E-state index in [0.29, 0.717) is 11.5 Å². The number of sulfone groups is 1. The number of aryl methyl sites for hydroxylation is 1. The summed E-state index contributed by atoms with van der Waals surface area (Å²) in [7, 11) is -3.23. The third kappa shape index (κ3) is 3.73. The van der Waals surface area contributed by atoms with Crippen LogP contribution in [-0.4, -0.2) is 46.4 Å². The number of nitrogens with one attached hydrogen (secondary N) is 1. The van der Waals surface area contributed by atoms with Gasteiger partial charge in [0.25, 0.3) is 0 Å². The number of aromatic nitrogens is 3. The van der Waals surface area contributed by atoms with Gasteiger partial charge in [-0.2, -0.15) is 0 Å². The second kappa shape index (κ2) is 6.59. The molecular formula is C17H22N4O3S. The predicted octanol–water partition coefficient (Wildman–Crippen LogP) is 1.36. The van der Waals surface area contributed by atoms with Crippen LogP contribution >= 0.6 is 0 Å². The Morgan fingerprint density at radius 2 is 2.08 bits per heavy atom. The molecule has 8 heteroatoms. The van der Waals surface area contributed by atoms with E-state index in [-0.39, 0.29) is 23.3 Å². The van der Waals surface area contributed by atoms with Gasteiger partial charge in [-0.1, -0.05) is 19.9 Å². The van der Waals surface area contributed by atoms with Crippen LogP contribution in [0, 0.1) is 12.8 Å². The molecule has 7 nitrogen and oxygen atoms in total. The minimum absolute atomic E-state index is 0.0226. The van der Waals surface area contributed by atoms with Gasteiger partial charge in [-0.15, -0.1) is 0 Å². The van der Waals surface area contributed by atoms with Crippen molar-refractivity contribution in [2.24, 2.45) is 5.92 Å². The SMILES string of the molecule is Cc1cccc(-c2nccn2[C@@H]2CS(=O)(=O)C[C@H]2NC(=O)C(C)C)n1. The topological polar surface area (TPSA) is 94.0 Å². The second-order valence-electron chi connectivity index (χ2n) is 6.74. The van der Waals surface area contributed by atoms with E-state index in [9.17, 15) is 13.2 Å². The average Bonchev–Trinajstić information content (AvgIpc) is 3.11. The Morgan fingerprint density at radius 1 is 1.32 bits per heavy atom. The molecule has 1 saturated heterocycles. The summed E-state index contributed by atoms with van der Waals surface area (Å²) in [6.07, 6.45) is 3.38. The van der Waals surface area contributed by atoms with Crippen molar-refractivity contribution in [3.63, 3.8) is 0 Å². The number of imidazole rings is 1. The Bertz CT molecular complexity index is 889. The molecule has 2 atom stereocenters. The van der Waals surface area contributed by atoms with Gasteiger partial charge in [0.05, 0.1) is 23.6 Å². The maximum atomic E-state index is 12.2. The molecule has 25 heavy (non-hydrogen) atoms. The highest BCUT2D eigenvalue weighted by Gasteiger charge is 2.40. The first-order chi connectivity index (χ1) is 11.8. The molecule has 1 aliphatic heterocycles. The molecule has 0 unspecified atom stereocenters. The van der Waals surface area contributed by atoms with Gasteiger partial charge in [0.15, 0.2) is 15.7 Å². The van der Waals surface area contributed by atoms with E-state index in [1.54, 1.807) is 26.2 Å². The van der Waals surface area contributed by atoms with Crippen molar-refractivity contribution in [2.75, 3.05) is 11.5 Å². The zero-order chi connectivity index (χ0) is 18.2. The summed E-state index contributed by atoms with van der Waals surface area (Å²) < 4.78 is 26.2. The molecule has 3 heterocycles. The fourth-order valence-electron chi connectivity index (χ4n) is 3.04. The van der Waals surface area contributed by atoms with E-state index in [4.69, 9.17) is 0 Å². The smallest absolute Gasteiger partial charge is 0.222 e. The Balaban J connectivity index is 1.97. The molecule has 0 spiro atoms. The highest BCUT2D eigenvalue weighted by atomic mass is 32.2. The standard InChI is InChI=1S/C17H22N4O3S/c1-11(2)17(22)20-14-9-25(23,24)10-15(14)21-8-7-18-16(21)13-6-4-5-12(3)19-13/h4-8,11,14-15H,9-10H2,1-3H3,(H,20,22)/t14-,15-/m1/s1. The summed E-state index contributed by atoms with van der Waals surface area (Å²) in [6.45, 7) is 5.46. The molecular weight excluding hydrogens is 340 g/mol. The molecule has 134 valence electrons. The van der Waals surface area contributed by atoms with E-state index in [1.807, 2.05) is 29.7 Å². The molecule has 2 aromatic heterocycles. The lowest BCUT2D eigenvalue weighted by atomic mass is 10.1. The van der Waals surface area contributed by atoms with Gasteiger partial charge >= 0.3 is 0 Å². The van der Waals surface area contributed by atoms with Gasteiger partial charge in [0.1, 0.15) is 5.69 Å². The quantitative estimate of drug-likeness (QED) is 0.886. The third-order valence-electron chi connectivity index (χ3n) is 4.32. The molecule has 0 bridgehead atoms. The molecule has 0 aromatic carbocycles. The first-order valence-electron chi connectivity index (χ1n) is 8.24. The fourth-order valence-corrected chi connectivity index (χ4v) is 4.94. The zero-order valence-electron chi connectivity index (χ0n) is 14.5. The van der Waals surface area contributed by atoms with Crippen molar-refractivity contribution < 1.29 is 13.2 Å². The number of amides is 1. The van der Waals surface area contributed by atoms with E-state index in [2.05, 4.69) is 15.3 Å². The van der Waals surface area contributed by atoms with Crippen LogP contribution < -0.4 is 5.32 Å². The maximum Gasteiger partial charge on any atom is 0.222 e. The van der Waals surface area contributed by atoms with Crippen molar-refractivity contribution in [3.8, 4) is 11.5 Å². The first-order valence-corrected chi connectivity index (χ1v) is 10.1. The Kier molecular flexibility index (Phi) is 4.64. The molecule has 1 aliphatic rings. The Morgan fingerprint density at radius 3 is 2.76 bits per heavy atom. The van der Waals surface area contributed by atoms with Gasteiger partial charge in [0.2, 0.25) is 5.91 Å². The number of nitrogens with zero attached hydrogens (tertiary/aromatic N) is 3. The van der Waals surface area contributed by atoms with Gasteiger partial charge in [0, 0.05) is 24.0 Å². The lowest BCUT2D eigenvalue weighted by Gasteiger charge is -2.23. The van der Waals surface area contributed by atoms with Crippen LogP contribution in [0.5, 0.6) is 0 Å². The summed E-state index contributed by atoms with van der Waals surface area (Å²) in [5, 5.41) is 2.88. The Labute approximate surface area is 147 Å². The van der Waals surface area contributed by atoms with Crippen molar-refractivity contribution in [1.29, 1.82) is 0 Å². The number of hydrogen-bond acceptors (Lipinski definition) is 5. The molecule has 1 fully saturated rings. The average molecular weight is 362 g/mol. The predicted molar refractivity (Wildman–Crippen MR) is 94.7 cm³/mol. The van der Waals surface area contributed by atoms with Gasteiger partial charge in [-0.3, -0.25) is 4.79 Å². The van der Waals surface area contributed by atoms with Crippen molar-refractivity contribution in [1.82, 2.24) is 19.9 Å². The molecule has 1 N–H and O–H groups in total. The molecule has 0 radical (unpaired) electrons. The maximum absolute atomic E-state index is 12.2. The van der Waals surface area contributed by atoms with Gasteiger partial charge < -0.3 is 9.88 Å². The molecule has 1 amide bonds. The van der Waals surface area contributed by atoms with E-state index < -0.39 is 21.9 Å². The molecule has 3 rings (SSSR count). The van der Waals surface area contributed by atoms with Gasteiger partial charge in [-0.05, 0) is 19.1 Å². The van der Waals surface area contributed by atoms with Crippen LogP contribution in [0.3, 0.4) is 0 Å². The lowest BCUT2D eigenvalue weighted by Crippen LogP contribution is -2.42. The minimum atomic E-state index is -3.23. The number of rotatable bonds is 4. The number of carbonyl (C=O) groups excluding carboxylic acids is 1. The summed E-state index contributed by atoms with van der Waals surface area (Å²) in [4.78, 5) is 20.9. The molecule has 0 saturated carbocycles. The Hall–Kier alpha value is -2.22. The normalized spacial score (nSPS) is 22.2. The monoisotopic (exact) mass is 362 g/mol. The number of carbonyl (C=O) groups is 1. The van der Waals surface area contributed by atoms with Crippen molar-refractivity contribution in [2.45, 2.75) is 32.9 Å². The third-order valence-corrected chi connectivity index (χ3v) is 6.03. The summed E-state index contributed by atoms with van der Waals surface area (Å²) in [5.41, 5.74) is 1.54.